The molecule has 0 bridgehead atoms. The van der Waals surface area contributed by atoms with E-state index in [0.717, 1.165) is 0 Å². The monoisotopic (exact) mass is 323 g/mol. The van der Waals surface area contributed by atoms with Crippen molar-refractivity contribution in [2.75, 3.05) is 33.9 Å². The van der Waals surface area contributed by atoms with Gasteiger partial charge in [0, 0.05) is 20.2 Å². The van der Waals surface area contributed by atoms with Gasteiger partial charge in [-0.2, -0.15) is 0 Å². The Morgan fingerprint density at radius 1 is 1.22 bits per heavy atom. The van der Waals surface area contributed by atoms with Gasteiger partial charge in [0.05, 0.1) is 25.0 Å². The van der Waals surface area contributed by atoms with E-state index in [9.17, 15) is 9.59 Å². The van der Waals surface area contributed by atoms with Crippen LogP contribution in [-0.2, 0) is 19.1 Å². The largest absolute Gasteiger partial charge is 0.469 e. The van der Waals surface area contributed by atoms with E-state index in [1.807, 2.05) is 13.8 Å². The third-order valence-electron chi connectivity index (χ3n) is 2.51. The molecule has 0 N–H and O–H groups in total. The van der Waals surface area contributed by atoms with Gasteiger partial charge in [-0.05, 0) is 5.92 Å². The Balaban J connectivity index is 4.46. The molecule has 0 aromatic rings. The van der Waals surface area contributed by atoms with Gasteiger partial charge in [0.15, 0.2) is 0 Å². The molecule has 0 radical (unpaired) electrons. The van der Waals surface area contributed by atoms with Gasteiger partial charge < -0.3 is 14.4 Å². The van der Waals surface area contributed by atoms with Crippen LogP contribution >= 0.6 is 15.9 Å². The second-order valence-electron chi connectivity index (χ2n) is 4.29. The summed E-state index contributed by atoms with van der Waals surface area (Å²) in [6, 6.07) is 0. The lowest BCUT2D eigenvalue weighted by Crippen LogP contribution is -2.41. The number of hydrogen-bond donors (Lipinski definition) is 0. The highest BCUT2D eigenvalue weighted by atomic mass is 79.9. The van der Waals surface area contributed by atoms with Crippen LogP contribution in [0, 0.1) is 5.92 Å². The zero-order chi connectivity index (χ0) is 14.1. The number of rotatable bonds is 8. The maximum atomic E-state index is 12.2. The van der Waals surface area contributed by atoms with E-state index in [4.69, 9.17) is 4.74 Å². The Labute approximate surface area is 117 Å². The zero-order valence-electron chi connectivity index (χ0n) is 11.4. The Kier molecular flexibility index (Phi) is 9.01. The van der Waals surface area contributed by atoms with Gasteiger partial charge in [-0.1, -0.05) is 29.8 Å². The fourth-order valence-electron chi connectivity index (χ4n) is 1.32. The molecule has 5 nitrogen and oxygen atoms in total. The number of alkyl halides is 1. The highest BCUT2D eigenvalue weighted by Crippen LogP contribution is 2.15. The van der Waals surface area contributed by atoms with E-state index in [0.29, 0.717) is 19.7 Å². The number of carbonyl (C=O) groups is 2. The Morgan fingerprint density at radius 3 is 2.28 bits per heavy atom. The van der Waals surface area contributed by atoms with E-state index >= 15 is 0 Å². The highest BCUT2D eigenvalue weighted by Gasteiger charge is 2.24. The lowest BCUT2D eigenvalue weighted by atomic mass is 10.1. The molecule has 1 unspecified atom stereocenters. The number of esters is 1. The molecule has 0 spiro atoms. The van der Waals surface area contributed by atoms with Gasteiger partial charge in [0.25, 0.3) is 0 Å². The van der Waals surface area contributed by atoms with Crippen LogP contribution in [0.15, 0.2) is 0 Å². The molecule has 0 heterocycles. The summed E-state index contributed by atoms with van der Waals surface area (Å²) in [6.07, 6.45) is 0.198. The minimum Gasteiger partial charge on any atom is -0.469 e. The van der Waals surface area contributed by atoms with Crippen molar-refractivity contribution in [1.82, 2.24) is 4.90 Å². The molecule has 1 amide bonds. The number of nitrogens with zero attached hydrogens (tertiary/aromatic N) is 1. The van der Waals surface area contributed by atoms with Gasteiger partial charge in [0.2, 0.25) is 5.91 Å². The van der Waals surface area contributed by atoms with Crippen molar-refractivity contribution < 1.29 is 19.1 Å². The van der Waals surface area contributed by atoms with Gasteiger partial charge in [-0.3, -0.25) is 9.59 Å². The molecular weight excluding hydrogens is 302 g/mol. The Morgan fingerprint density at radius 2 is 1.83 bits per heavy atom. The quantitative estimate of drug-likeness (QED) is 0.501. The van der Waals surface area contributed by atoms with Crippen molar-refractivity contribution in [1.29, 1.82) is 0 Å². The van der Waals surface area contributed by atoms with Crippen molar-refractivity contribution >= 4 is 27.8 Å². The van der Waals surface area contributed by atoms with Crippen LogP contribution in [0.3, 0.4) is 0 Å². The summed E-state index contributed by atoms with van der Waals surface area (Å²) in [5.74, 6) is -0.146. The summed E-state index contributed by atoms with van der Waals surface area (Å²) in [5.41, 5.74) is 0. The van der Waals surface area contributed by atoms with Crippen molar-refractivity contribution in [2.24, 2.45) is 5.92 Å². The second kappa shape index (κ2) is 9.33. The number of halogens is 1. The van der Waals surface area contributed by atoms with Crippen LogP contribution in [0.2, 0.25) is 0 Å². The first kappa shape index (κ1) is 17.4. The van der Waals surface area contributed by atoms with Crippen molar-refractivity contribution in [3.8, 4) is 0 Å². The molecule has 0 saturated heterocycles. The van der Waals surface area contributed by atoms with Crippen LogP contribution in [0.25, 0.3) is 0 Å². The molecule has 0 aliphatic carbocycles. The fourth-order valence-corrected chi connectivity index (χ4v) is 1.61. The topological polar surface area (TPSA) is 55.8 Å². The van der Waals surface area contributed by atoms with E-state index in [1.54, 1.807) is 12.0 Å². The minimum absolute atomic E-state index is 0.0223. The van der Waals surface area contributed by atoms with Crippen LogP contribution in [-0.4, -0.2) is 55.5 Å². The molecule has 0 rings (SSSR count). The summed E-state index contributed by atoms with van der Waals surface area (Å²) in [4.78, 5) is 24.7. The number of ether oxygens (including phenoxy) is 2. The molecule has 0 aliphatic rings. The number of methoxy groups -OCH3 is 2. The second-order valence-corrected chi connectivity index (χ2v) is 5.28. The lowest BCUT2D eigenvalue weighted by molar-refractivity contribution is -0.141. The molecule has 0 aromatic carbocycles. The predicted octanol–water partition coefficient (Wildman–Crippen LogP) is 1.44. The van der Waals surface area contributed by atoms with Crippen LogP contribution < -0.4 is 0 Å². The summed E-state index contributed by atoms with van der Waals surface area (Å²) in [5, 5.41) is 0. The Bertz CT molecular complexity index is 271. The van der Waals surface area contributed by atoms with E-state index in [-0.39, 0.29) is 29.0 Å². The van der Waals surface area contributed by atoms with Gasteiger partial charge in [-0.25, -0.2) is 0 Å². The maximum absolute atomic E-state index is 12.2. The molecule has 6 heteroatoms. The highest BCUT2D eigenvalue weighted by molar-refractivity contribution is 9.10. The fraction of sp³-hybridized carbons (Fsp3) is 0.833. The summed E-state index contributed by atoms with van der Waals surface area (Å²) in [7, 11) is 2.92. The predicted molar refractivity (Wildman–Crippen MR) is 72.6 cm³/mol. The van der Waals surface area contributed by atoms with Gasteiger partial charge >= 0.3 is 5.97 Å². The number of hydrogen-bond acceptors (Lipinski definition) is 4. The van der Waals surface area contributed by atoms with Gasteiger partial charge in [0.1, 0.15) is 0 Å². The molecule has 1 atom stereocenters. The smallest absolute Gasteiger partial charge is 0.307 e. The van der Waals surface area contributed by atoms with E-state index < -0.39 is 0 Å². The first-order valence-electron chi connectivity index (χ1n) is 5.92. The standard InChI is InChI=1S/C12H22BrNO4/c1-9(2)11(13)12(16)14(7-8-17-3)6-5-10(15)18-4/h9,11H,5-8H2,1-4H3. The maximum Gasteiger partial charge on any atom is 0.307 e. The Hall–Kier alpha value is -0.620. The molecule has 0 fully saturated rings. The van der Waals surface area contributed by atoms with Crippen LogP contribution in [0.4, 0.5) is 0 Å². The van der Waals surface area contributed by atoms with Crippen molar-refractivity contribution in [2.45, 2.75) is 25.1 Å². The molecule has 0 saturated carbocycles. The first-order valence-corrected chi connectivity index (χ1v) is 6.84. The number of carbonyl (C=O) groups excluding carboxylic acids is 2. The normalized spacial score (nSPS) is 12.3. The average Bonchev–Trinajstić information content (AvgIpc) is 2.36. The molecule has 0 aliphatic heterocycles. The third-order valence-corrected chi connectivity index (χ3v) is 3.96. The van der Waals surface area contributed by atoms with Gasteiger partial charge in [-0.15, -0.1) is 0 Å². The molecular formula is C12H22BrNO4. The molecule has 106 valence electrons. The molecule has 0 aromatic heterocycles. The minimum atomic E-state index is -0.319. The molecule has 18 heavy (non-hydrogen) atoms. The summed E-state index contributed by atoms with van der Waals surface area (Å²) in [6.45, 7) is 5.20. The van der Waals surface area contributed by atoms with E-state index in [2.05, 4.69) is 20.7 Å². The van der Waals surface area contributed by atoms with Crippen molar-refractivity contribution in [3.63, 3.8) is 0 Å². The summed E-state index contributed by atoms with van der Waals surface area (Å²) >= 11 is 3.38. The summed E-state index contributed by atoms with van der Waals surface area (Å²) < 4.78 is 9.54. The zero-order valence-corrected chi connectivity index (χ0v) is 13.0. The first-order chi connectivity index (χ1) is 8.43. The average molecular weight is 324 g/mol. The lowest BCUT2D eigenvalue weighted by Gasteiger charge is -2.26. The third kappa shape index (κ3) is 6.35. The van der Waals surface area contributed by atoms with Crippen LogP contribution in [0.5, 0.6) is 0 Å². The van der Waals surface area contributed by atoms with E-state index in [1.165, 1.54) is 7.11 Å². The SMILES string of the molecule is COCCN(CCC(=O)OC)C(=O)C(Br)C(C)C. The number of amides is 1. The van der Waals surface area contributed by atoms with Crippen LogP contribution in [0.1, 0.15) is 20.3 Å². The van der Waals surface area contributed by atoms with Crippen molar-refractivity contribution in [3.05, 3.63) is 0 Å².